The maximum absolute atomic E-state index is 12.6. The molecular formula is C29H30N2O6. The maximum Gasteiger partial charge on any atom is 0.338 e. The van der Waals surface area contributed by atoms with Crippen molar-refractivity contribution in [2.24, 2.45) is 5.92 Å². The molecule has 2 amide bonds. The summed E-state index contributed by atoms with van der Waals surface area (Å²) in [7, 11) is 0. The van der Waals surface area contributed by atoms with Crippen LogP contribution in [0, 0.1) is 5.92 Å². The minimum Gasteiger partial charge on any atom is -0.462 e. The average molecular weight is 503 g/mol. The molecule has 1 atom stereocenters. The van der Waals surface area contributed by atoms with E-state index in [0.717, 1.165) is 30.0 Å². The molecule has 8 nitrogen and oxygen atoms in total. The van der Waals surface area contributed by atoms with E-state index in [1.165, 1.54) is 4.90 Å². The van der Waals surface area contributed by atoms with Crippen LogP contribution < -0.4 is 10.2 Å². The molecule has 0 spiro atoms. The average Bonchev–Trinajstić information content (AvgIpc) is 3.31. The number of rotatable bonds is 10. The van der Waals surface area contributed by atoms with Gasteiger partial charge in [-0.3, -0.25) is 14.4 Å². The predicted octanol–water partition coefficient (Wildman–Crippen LogP) is 4.72. The van der Waals surface area contributed by atoms with Gasteiger partial charge in [-0.25, -0.2) is 4.79 Å². The highest BCUT2D eigenvalue weighted by Crippen LogP contribution is 2.27. The molecule has 1 aliphatic rings. The first-order valence-corrected chi connectivity index (χ1v) is 12.5. The smallest absolute Gasteiger partial charge is 0.338 e. The molecule has 0 saturated carbocycles. The Bertz CT molecular complexity index is 1280. The summed E-state index contributed by atoms with van der Waals surface area (Å²) >= 11 is 0. The van der Waals surface area contributed by atoms with Gasteiger partial charge in [-0.2, -0.15) is 0 Å². The molecular weight excluding hydrogens is 472 g/mol. The van der Waals surface area contributed by atoms with E-state index in [1.807, 2.05) is 36.4 Å². The zero-order valence-electron chi connectivity index (χ0n) is 20.8. The van der Waals surface area contributed by atoms with Gasteiger partial charge < -0.3 is 19.7 Å². The number of carbonyl (C=O) groups excluding carboxylic acids is 4. The summed E-state index contributed by atoms with van der Waals surface area (Å²) in [5.74, 6) is -2.36. The fraction of sp³-hybridized carbons (Fsp3) is 0.310. The zero-order chi connectivity index (χ0) is 26.2. The lowest BCUT2D eigenvalue weighted by Gasteiger charge is -2.17. The number of ether oxygens (including phenoxy) is 2. The van der Waals surface area contributed by atoms with Gasteiger partial charge in [0.2, 0.25) is 5.91 Å². The third-order valence-electron chi connectivity index (χ3n) is 6.26. The van der Waals surface area contributed by atoms with Crippen molar-refractivity contribution in [1.29, 1.82) is 0 Å². The fourth-order valence-corrected chi connectivity index (χ4v) is 4.27. The number of fused-ring (bicyclic) bond motifs is 1. The number of esters is 2. The van der Waals surface area contributed by atoms with Crippen molar-refractivity contribution in [2.75, 3.05) is 30.0 Å². The molecule has 1 saturated heterocycles. The first-order chi connectivity index (χ1) is 18.0. The topological polar surface area (TPSA) is 102 Å². The van der Waals surface area contributed by atoms with E-state index >= 15 is 0 Å². The normalized spacial score (nSPS) is 15.0. The van der Waals surface area contributed by atoms with Crippen molar-refractivity contribution in [3.63, 3.8) is 0 Å². The van der Waals surface area contributed by atoms with Crippen LogP contribution in [0.2, 0.25) is 0 Å². The maximum atomic E-state index is 12.6. The number of carbonyl (C=O) groups is 4. The van der Waals surface area contributed by atoms with Crippen molar-refractivity contribution in [3.8, 4) is 0 Å². The lowest BCUT2D eigenvalue weighted by atomic mass is 10.1. The minimum absolute atomic E-state index is 0.00893. The molecule has 0 radical (unpaired) electrons. The quantitative estimate of drug-likeness (QED) is 0.318. The van der Waals surface area contributed by atoms with Gasteiger partial charge >= 0.3 is 11.9 Å². The van der Waals surface area contributed by atoms with Crippen LogP contribution in [0.4, 0.5) is 11.4 Å². The number of hydrogen-bond acceptors (Lipinski definition) is 6. The largest absolute Gasteiger partial charge is 0.462 e. The molecule has 1 fully saturated rings. The summed E-state index contributed by atoms with van der Waals surface area (Å²) < 4.78 is 10.5. The molecule has 1 N–H and O–H groups in total. The van der Waals surface area contributed by atoms with Gasteiger partial charge in [-0.15, -0.1) is 0 Å². The third-order valence-corrected chi connectivity index (χ3v) is 6.26. The standard InChI is InChI=1S/C29H30N2O6/c1-2-3-6-16-36-28(34)21-12-14-23(15-13-21)31-18-22(17-27(31)33)29(35)37-19-26(32)30-25-11-7-9-20-8-4-5-10-24(20)25/h4-5,7-15,22H,2-3,6,16-19H2,1H3,(H,30,32)/t22-/m1/s1. The molecule has 1 aliphatic heterocycles. The van der Waals surface area contributed by atoms with Crippen LogP contribution >= 0.6 is 0 Å². The Morgan fingerprint density at radius 1 is 0.946 bits per heavy atom. The Morgan fingerprint density at radius 3 is 2.49 bits per heavy atom. The summed E-state index contributed by atoms with van der Waals surface area (Å²) in [4.78, 5) is 51.2. The van der Waals surface area contributed by atoms with Crippen LogP contribution in [0.25, 0.3) is 10.8 Å². The van der Waals surface area contributed by atoms with E-state index in [1.54, 1.807) is 30.3 Å². The summed E-state index contributed by atoms with van der Waals surface area (Å²) in [6.07, 6.45) is 2.86. The number of benzene rings is 3. The number of unbranched alkanes of at least 4 members (excludes halogenated alkanes) is 2. The molecule has 0 aliphatic carbocycles. The SMILES string of the molecule is CCCCCOC(=O)c1ccc(N2C[C@H](C(=O)OCC(=O)Nc3cccc4ccccc34)CC2=O)cc1. The highest BCUT2D eigenvalue weighted by atomic mass is 16.5. The summed E-state index contributed by atoms with van der Waals surface area (Å²) in [6, 6.07) is 19.7. The van der Waals surface area contributed by atoms with Crippen molar-refractivity contribution in [1.82, 2.24) is 0 Å². The van der Waals surface area contributed by atoms with E-state index < -0.39 is 30.4 Å². The molecule has 4 rings (SSSR count). The van der Waals surface area contributed by atoms with E-state index in [-0.39, 0.29) is 18.9 Å². The van der Waals surface area contributed by atoms with E-state index in [2.05, 4.69) is 12.2 Å². The molecule has 37 heavy (non-hydrogen) atoms. The lowest BCUT2D eigenvalue weighted by molar-refractivity contribution is -0.151. The summed E-state index contributed by atoms with van der Waals surface area (Å²) in [5.41, 5.74) is 1.62. The second-order valence-corrected chi connectivity index (χ2v) is 8.98. The van der Waals surface area contributed by atoms with Crippen LogP contribution in [0.5, 0.6) is 0 Å². The Hall–Kier alpha value is -4.20. The molecule has 0 bridgehead atoms. The highest BCUT2D eigenvalue weighted by Gasteiger charge is 2.36. The van der Waals surface area contributed by atoms with E-state index in [0.29, 0.717) is 23.5 Å². The molecule has 3 aromatic rings. The first kappa shape index (κ1) is 25.9. The lowest BCUT2D eigenvalue weighted by Crippen LogP contribution is -2.28. The number of hydrogen-bond donors (Lipinski definition) is 1. The number of amides is 2. The van der Waals surface area contributed by atoms with Gasteiger partial charge in [0.1, 0.15) is 0 Å². The summed E-state index contributed by atoms with van der Waals surface area (Å²) in [6.45, 7) is 2.16. The van der Waals surface area contributed by atoms with Crippen LogP contribution in [-0.4, -0.2) is 43.5 Å². The Balaban J connectivity index is 1.28. The number of nitrogens with one attached hydrogen (secondary N) is 1. The van der Waals surface area contributed by atoms with Crippen molar-refractivity contribution >= 4 is 45.9 Å². The second kappa shape index (κ2) is 12.2. The summed E-state index contributed by atoms with van der Waals surface area (Å²) in [5, 5.41) is 4.65. The van der Waals surface area contributed by atoms with Crippen molar-refractivity contribution in [3.05, 3.63) is 72.3 Å². The molecule has 1 heterocycles. The molecule has 192 valence electrons. The zero-order valence-corrected chi connectivity index (χ0v) is 20.8. The molecule has 0 unspecified atom stereocenters. The molecule has 3 aromatic carbocycles. The van der Waals surface area contributed by atoms with Gasteiger partial charge in [0.15, 0.2) is 6.61 Å². The molecule has 0 aromatic heterocycles. The highest BCUT2D eigenvalue weighted by molar-refractivity contribution is 6.03. The second-order valence-electron chi connectivity index (χ2n) is 8.98. The van der Waals surface area contributed by atoms with Crippen LogP contribution in [0.15, 0.2) is 66.7 Å². The van der Waals surface area contributed by atoms with Gasteiger partial charge in [0, 0.05) is 29.7 Å². The Morgan fingerprint density at radius 2 is 1.70 bits per heavy atom. The first-order valence-electron chi connectivity index (χ1n) is 12.5. The third kappa shape index (κ3) is 6.52. The van der Waals surface area contributed by atoms with Gasteiger partial charge in [-0.05, 0) is 42.1 Å². The van der Waals surface area contributed by atoms with Gasteiger partial charge in [0.25, 0.3) is 5.91 Å². The molecule has 8 heteroatoms. The van der Waals surface area contributed by atoms with E-state index in [4.69, 9.17) is 9.47 Å². The van der Waals surface area contributed by atoms with Crippen LogP contribution in [-0.2, 0) is 23.9 Å². The predicted molar refractivity (Wildman–Crippen MR) is 140 cm³/mol. The number of nitrogens with zero attached hydrogens (tertiary/aromatic N) is 1. The van der Waals surface area contributed by atoms with Crippen molar-refractivity contribution < 1.29 is 28.7 Å². The number of anilines is 2. The fourth-order valence-electron chi connectivity index (χ4n) is 4.27. The van der Waals surface area contributed by atoms with Crippen LogP contribution in [0.3, 0.4) is 0 Å². The Kier molecular flexibility index (Phi) is 8.51. The minimum atomic E-state index is -0.680. The van der Waals surface area contributed by atoms with Gasteiger partial charge in [-0.1, -0.05) is 56.2 Å². The van der Waals surface area contributed by atoms with Crippen molar-refractivity contribution in [2.45, 2.75) is 32.6 Å². The Labute approximate surface area is 215 Å². The van der Waals surface area contributed by atoms with Gasteiger partial charge in [0.05, 0.1) is 18.1 Å². The van der Waals surface area contributed by atoms with Crippen LogP contribution in [0.1, 0.15) is 43.0 Å². The monoisotopic (exact) mass is 502 g/mol. The van der Waals surface area contributed by atoms with E-state index in [9.17, 15) is 19.2 Å².